The predicted octanol–water partition coefficient (Wildman–Crippen LogP) is 1.66. The van der Waals surface area contributed by atoms with Crippen molar-refractivity contribution in [3.63, 3.8) is 0 Å². The minimum atomic E-state index is -0.211. The molecule has 1 aromatic rings. The third-order valence-corrected chi connectivity index (χ3v) is 2.77. The van der Waals surface area contributed by atoms with E-state index in [4.69, 9.17) is 5.11 Å². The molecule has 2 N–H and O–H groups in total. The molecule has 0 saturated heterocycles. The zero-order valence-electron chi connectivity index (χ0n) is 9.56. The zero-order valence-corrected chi connectivity index (χ0v) is 10.4. The molecule has 0 saturated carbocycles. The second-order valence-electron chi connectivity index (χ2n) is 3.69. The van der Waals surface area contributed by atoms with Gasteiger partial charge in [0.25, 0.3) is 5.91 Å². The predicted molar refractivity (Wildman–Crippen MR) is 67.7 cm³/mol. The third kappa shape index (κ3) is 3.87. The fourth-order valence-corrected chi connectivity index (χ4v) is 1.83. The van der Waals surface area contributed by atoms with Gasteiger partial charge in [-0.3, -0.25) is 4.79 Å². The van der Waals surface area contributed by atoms with Crippen molar-refractivity contribution in [2.45, 2.75) is 18.7 Å². The summed E-state index contributed by atoms with van der Waals surface area (Å²) in [5, 5.41) is 11.6. The number of carbonyl (C=O) groups excluding carboxylic acids is 1. The van der Waals surface area contributed by atoms with Gasteiger partial charge in [-0.25, -0.2) is 0 Å². The monoisotopic (exact) mass is 239 g/mol. The van der Waals surface area contributed by atoms with E-state index in [-0.39, 0.29) is 18.6 Å². The highest BCUT2D eigenvalue weighted by molar-refractivity contribution is 7.97. The van der Waals surface area contributed by atoms with E-state index in [1.165, 1.54) is 0 Å². The fourth-order valence-electron chi connectivity index (χ4n) is 1.32. The summed E-state index contributed by atoms with van der Waals surface area (Å²) in [6.07, 6.45) is 2.03. The molecule has 88 valence electrons. The first-order chi connectivity index (χ1) is 7.67. The molecule has 0 unspecified atom stereocenters. The van der Waals surface area contributed by atoms with Gasteiger partial charge >= 0.3 is 0 Å². The molecule has 3 nitrogen and oxygen atoms in total. The Bertz CT molecular complexity index is 355. The lowest BCUT2D eigenvalue weighted by Gasteiger charge is -2.11. The number of benzene rings is 1. The number of aliphatic hydroxyl groups excluding tert-OH is 1. The first-order valence-corrected chi connectivity index (χ1v) is 6.56. The molecule has 1 atom stereocenters. The van der Waals surface area contributed by atoms with Crippen molar-refractivity contribution < 1.29 is 9.90 Å². The highest BCUT2D eigenvalue weighted by atomic mass is 32.2. The average molecular weight is 239 g/mol. The number of hydrogen-bond donors (Lipinski definition) is 2. The lowest BCUT2D eigenvalue weighted by atomic mass is 10.1. The van der Waals surface area contributed by atoms with E-state index in [0.29, 0.717) is 5.56 Å². The van der Waals surface area contributed by atoms with Crippen molar-refractivity contribution in [2.75, 3.05) is 12.9 Å². The van der Waals surface area contributed by atoms with E-state index in [2.05, 4.69) is 5.32 Å². The van der Waals surface area contributed by atoms with E-state index >= 15 is 0 Å². The van der Waals surface area contributed by atoms with Gasteiger partial charge in [-0.2, -0.15) is 11.8 Å². The molecule has 0 bridgehead atoms. The van der Waals surface area contributed by atoms with Crippen molar-refractivity contribution >= 4 is 17.7 Å². The van der Waals surface area contributed by atoms with Crippen LogP contribution in [0.2, 0.25) is 0 Å². The van der Waals surface area contributed by atoms with Gasteiger partial charge in [-0.1, -0.05) is 12.1 Å². The molecular formula is C12H17NO2S. The zero-order chi connectivity index (χ0) is 12.0. The third-order valence-electron chi connectivity index (χ3n) is 2.15. The SMILES string of the molecule is CSCc1cccc(C(=O)N[C@@H](C)CO)c1. The van der Waals surface area contributed by atoms with Crippen molar-refractivity contribution in [2.24, 2.45) is 0 Å². The van der Waals surface area contributed by atoms with E-state index in [9.17, 15) is 4.79 Å². The summed E-state index contributed by atoms with van der Waals surface area (Å²) < 4.78 is 0. The second kappa shape index (κ2) is 6.55. The molecule has 0 radical (unpaired) electrons. The van der Waals surface area contributed by atoms with Crippen LogP contribution in [-0.2, 0) is 5.75 Å². The summed E-state index contributed by atoms with van der Waals surface area (Å²) in [7, 11) is 0. The molecule has 0 aromatic heterocycles. The van der Waals surface area contributed by atoms with Gasteiger partial charge in [-0.15, -0.1) is 0 Å². The Kier molecular flexibility index (Phi) is 5.35. The minimum absolute atomic E-state index is 0.0454. The molecule has 0 heterocycles. The number of nitrogens with one attached hydrogen (secondary N) is 1. The van der Waals surface area contributed by atoms with Crippen LogP contribution in [0, 0.1) is 0 Å². The van der Waals surface area contributed by atoms with Gasteiger partial charge < -0.3 is 10.4 Å². The topological polar surface area (TPSA) is 49.3 Å². The maximum Gasteiger partial charge on any atom is 0.251 e. The van der Waals surface area contributed by atoms with Crippen LogP contribution in [0.4, 0.5) is 0 Å². The van der Waals surface area contributed by atoms with Gasteiger partial charge in [0.1, 0.15) is 0 Å². The van der Waals surface area contributed by atoms with Crippen LogP contribution in [0.3, 0.4) is 0 Å². The van der Waals surface area contributed by atoms with Crippen LogP contribution < -0.4 is 5.32 Å². The van der Waals surface area contributed by atoms with E-state index in [1.54, 1.807) is 24.8 Å². The summed E-state index contributed by atoms with van der Waals surface area (Å²) in [5.74, 6) is 0.765. The first kappa shape index (κ1) is 13.1. The highest BCUT2D eigenvalue weighted by Crippen LogP contribution is 2.11. The van der Waals surface area contributed by atoms with Gasteiger partial charge in [0.2, 0.25) is 0 Å². The van der Waals surface area contributed by atoms with Crippen LogP contribution in [0.25, 0.3) is 0 Å². The average Bonchev–Trinajstić information content (AvgIpc) is 2.29. The molecule has 1 amide bonds. The van der Waals surface area contributed by atoms with Crippen LogP contribution in [0.1, 0.15) is 22.8 Å². The van der Waals surface area contributed by atoms with E-state index in [0.717, 1.165) is 11.3 Å². The number of thioether (sulfide) groups is 1. The van der Waals surface area contributed by atoms with Crippen molar-refractivity contribution in [3.8, 4) is 0 Å². The molecule has 4 heteroatoms. The van der Waals surface area contributed by atoms with Crippen LogP contribution >= 0.6 is 11.8 Å². The Morgan fingerprint density at radius 1 is 1.56 bits per heavy atom. The number of carbonyl (C=O) groups is 1. The number of rotatable bonds is 5. The number of hydrogen-bond acceptors (Lipinski definition) is 3. The highest BCUT2D eigenvalue weighted by Gasteiger charge is 2.08. The number of amides is 1. The summed E-state index contributed by atoms with van der Waals surface area (Å²) in [4.78, 5) is 11.7. The Hall–Kier alpha value is -1.00. The van der Waals surface area contributed by atoms with Gasteiger partial charge in [-0.05, 0) is 30.9 Å². The Labute approximate surface area is 100 Å². The van der Waals surface area contributed by atoms with Gasteiger partial charge in [0.05, 0.1) is 6.61 Å². The molecule has 0 aliphatic heterocycles. The van der Waals surface area contributed by atoms with Crippen LogP contribution in [-0.4, -0.2) is 29.9 Å². The van der Waals surface area contributed by atoms with Crippen LogP contribution in [0.15, 0.2) is 24.3 Å². The Morgan fingerprint density at radius 3 is 2.94 bits per heavy atom. The maximum absolute atomic E-state index is 11.7. The fraction of sp³-hybridized carbons (Fsp3) is 0.417. The quantitative estimate of drug-likeness (QED) is 0.821. The second-order valence-corrected chi connectivity index (χ2v) is 4.56. The molecule has 1 rings (SSSR count). The summed E-state index contributed by atoms with van der Waals surface area (Å²) in [6, 6.07) is 7.34. The largest absolute Gasteiger partial charge is 0.394 e. The Balaban J connectivity index is 2.71. The van der Waals surface area contributed by atoms with Crippen molar-refractivity contribution in [1.29, 1.82) is 0 Å². The van der Waals surface area contributed by atoms with E-state index < -0.39 is 0 Å². The summed E-state index contributed by atoms with van der Waals surface area (Å²) >= 11 is 1.72. The molecule has 0 aliphatic carbocycles. The molecule has 1 aromatic carbocycles. The van der Waals surface area contributed by atoms with Crippen molar-refractivity contribution in [1.82, 2.24) is 5.32 Å². The molecule has 0 spiro atoms. The minimum Gasteiger partial charge on any atom is -0.394 e. The maximum atomic E-state index is 11.7. The molecule has 16 heavy (non-hydrogen) atoms. The molecular weight excluding hydrogens is 222 g/mol. The lowest BCUT2D eigenvalue weighted by Crippen LogP contribution is -2.34. The van der Waals surface area contributed by atoms with E-state index in [1.807, 2.05) is 24.5 Å². The Morgan fingerprint density at radius 2 is 2.31 bits per heavy atom. The van der Waals surface area contributed by atoms with Crippen molar-refractivity contribution in [3.05, 3.63) is 35.4 Å². The molecule has 0 fully saturated rings. The normalized spacial score (nSPS) is 12.2. The summed E-state index contributed by atoms with van der Waals surface area (Å²) in [6.45, 7) is 1.72. The lowest BCUT2D eigenvalue weighted by molar-refractivity contribution is 0.0922. The van der Waals surface area contributed by atoms with Gasteiger partial charge in [0, 0.05) is 17.4 Å². The smallest absolute Gasteiger partial charge is 0.251 e. The number of aliphatic hydroxyl groups is 1. The standard InChI is InChI=1S/C12H17NO2S/c1-9(7-14)13-12(15)11-5-3-4-10(6-11)8-16-2/h3-6,9,14H,7-8H2,1-2H3,(H,13,15)/t9-/m0/s1. The first-order valence-electron chi connectivity index (χ1n) is 5.17. The molecule has 0 aliphatic rings. The summed E-state index contributed by atoms with van der Waals surface area (Å²) in [5.41, 5.74) is 1.78. The van der Waals surface area contributed by atoms with Crippen LogP contribution in [0.5, 0.6) is 0 Å². The van der Waals surface area contributed by atoms with Gasteiger partial charge in [0.15, 0.2) is 0 Å².